The van der Waals surface area contributed by atoms with Gasteiger partial charge in [-0.05, 0) is 19.8 Å². The molecule has 0 aromatic carbocycles. The SMILES string of the molecule is CC1=C(C(=O)NCc2cncn2CC(C)C)[C@@H](C)NC(=O)N1. The van der Waals surface area contributed by atoms with Crippen molar-refractivity contribution in [1.82, 2.24) is 25.5 Å². The average Bonchev–Trinajstić information content (AvgIpc) is 2.81. The minimum absolute atomic E-state index is 0.185. The molecule has 2 rings (SSSR count). The lowest BCUT2D eigenvalue weighted by atomic mass is 10.0. The lowest BCUT2D eigenvalue weighted by molar-refractivity contribution is -0.118. The maximum absolute atomic E-state index is 12.4. The largest absolute Gasteiger partial charge is 0.347 e. The Morgan fingerprint density at radius 2 is 2.23 bits per heavy atom. The molecule has 3 N–H and O–H groups in total. The van der Waals surface area contributed by atoms with E-state index in [1.165, 1.54) is 0 Å². The fraction of sp³-hybridized carbons (Fsp3) is 0.533. The Morgan fingerprint density at radius 1 is 1.50 bits per heavy atom. The molecule has 0 aliphatic carbocycles. The highest BCUT2D eigenvalue weighted by molar-refractivity contribution is 5.98. The van der Waals surface area contributed by atoms with Crippen molar-refractivity contribution >= 4 is 11.9 Å². The van der Waals surface area contributed by atoms with Crippen LogP contribution in [0.1, 0.15) is 33.4 Å². The zero-order valence-corrected chi connectivity index (χ0v) is 13.4. The van der Waals surface area contributed by atoms with Crippen molar-refractivity contribution in [3.05, 3.63) is 29.5 Å². The maximum atomic E-state index is 12.4. The van der Waals surface area contributed by atoms with Gasteiger partial charge in [-0.1, -0.05) is 13.8 Å². The topological polar surface area (TPSA) is 88.1 Å². The van der Waals surface area contributed by atoms with Gasteiger partial charge in [-0.15, -0.1) is 0 Å². The number of carbonyl (C=O) groups excluding carboxylic acids is 2. The molecule has 1 aliphatic rings. The summed E-state index contributed by atoms with van der Waals surface area (Å²) in [4.78, 5) is 27.8. The highest BCUT2D eigenvalue weighted by Crippen LogP contribution is 2.12. The summed E-state index contributed by atoms with van der Waals surface area (Å²) < 4.78 is 2.04. The molecule has 0 saturated heterocycles. The number of rotatable bonds is 5. The van der Waals surface area contributed by atoms with Crippen LogP contribution in [-0.2, 0) is 17.9 Å². The molecule has 1 aromatic rings. The van der Waals surface area contributed by atoms with Crippen molar-refractivity contribution in [3.63, 3.8) is 0 Å². The van der Waals surface area contributed by atoms with Gasteiger partial charge in [0.15, 0.2) is 0 Å². The molecule has 120 valence electrons. The van der Waals surface area contributed by atoms with E-state index in [4.69, 9.17) is 0 Å². The van der Waals surface area contributed by atoms with Crippen LogP contribution in [0.5, 0.6) is 0 Å². The number of nitrogens with zero attached hydrogens (tertiary/aromatic N) is 2. The number of amides is 3. The van der Waals surface area contributed by atoms with E-state index in [2.05, 4.69) is 34.8 Å². The van der Waals surface area contributed by atoms with Crippen LogP contribution in [0.3, 0.4) is 0 Å². The van der Waals surface area contributed by atoms with Crippen molar-refractivity contribution in [1.29, 1.82) is 0 Å². The Balaban J connectivity index is 2.03. The van der Waals surface area contributed by atoms with E-state index in [-0.39, 0.29) is 18.0 Å². The molecule has 7 nitrogen and oxygen atoms in total. The molecule has 22 heavy (non-hydrogen) atoms. The number of imidazole rings is 1. The van der Waals surface area contributed by atoms with Crippen LogP contribution in [0, 0.1) is 5.92 Å². The van der Waals surface area contributed by atoms with Crippen LogP contribution in [0.2, 0.25) is 0 Å². The van der Waals surface area contributed by atoms with E-state index >= 15 is 0 Å². The monoisotopic (exact) mass is 305 g/mol. The molecule has 1 aromatic heterocycles. The van der Waals surface area contributed by atoms with Crippen molar-refractivity contribution < 1.29 is 9.59 Å². The summed E-state index contributed by atoms with van der Waals surface area (Å²) in [6, 6.07) is -0.592. The van der Waals surface area contributed by atoms with Gasteiger partial charge >= 0.3 is 6.03 Å². The number of hydrogen-bond donors (Lipinski definition) is 3. The zero-order chi connectivity index (χ0) is 16.3. The maximum Gasteiger partial charge on any atom is 0.319 e. The first-order valence-electron chi connectivity index (χ1n) is 7.44. The predicted molar refractivity (Wildman–Crippen MR) is 82.7 cm³/mol. The molecule has 1 aliphatic heterocycles. The molecule has 0 spiro atoms. The van der Waals surface area contributed by atoms with Crippen LogP contribution in [0.4, 0.5) is 4.79 Å². The van der Waals surface area contributed by atoms with Crippen molar-refractivity contribution in [2.24, 2.45) is 5.92 Å². The second kappa shape index (κ2) is 6.64. The van der Waals surface area contributed by atoms with Crippen LogP contribution in [0.25, 0.3) is 0 Å². The van der Waals surface area contributed by atoms with Crippen molar-refractivity contribution in [2.45, 2.75) is 46.8 Å². The third kappa shape index (κ3) is 3.66. The molecule has 7 heteroatoms. The van der Waals surface area contributed by atoms with E-state index in [0.29, 0.717) is 23.7 Å². The van der Waals surface area contributed by atoms with Gasteiger partial charge in [0.05, 0.1) is 30.2 Å². The number of urea groups is 1. The Hall–Kier alpha value is -2.31. The summed E-state index contributed by atoms with van der Waals surface area (Å²) in [5, 5.41) is 8.20. The number of hydrogen-bond acceptors (Lipinski definition) is 3. The highest BCUT2D eigenvalue weighted by atomic mass is 16.2. The Kier molecular flexibility index (Phi) is 4.85. The highest BCUT2D eigenvalue weighted by Gasteiger charge is 2.26. The van der Waals surface area contributed by atoms with Gasteiger partial charge in [0, 0.05) is 18.4 Å². The second-order valence-corrected chi connectivity index (χ2v) is 5.97. The summed E-state index contributed by atoms with van der Waals surface area (Å²) in [6.45, 7) is 9.06. The van der Waals surface area contributed by atoms with Gasteiger partial charge < -0.3 is 20.5 Å². The van der Waals surface area contributed by atoms with Crippen molar-refractivity contribution in [3.8, 4) is 0 Å². The number of nitrogens with one attached hydrogen (secondary N) is 3. The molecule has 0 unspecified atom stereocenters. The molecule has 0 radical (unpaired) electrons. The van der Waals surface area contributed by atoms with Gasteiger partial charge in [0.2, 0.25) is 0 Å². The lowest BCUT2D eigenvalue weighted by Crippen LogP contribution is -2.50. The van der Waals surface area contributed by atoms with E-state index in [1.54, 1.807) is 26.4 Å². The molecule has 3 amide bonds. The van der Waals surface area contributed by atoms with Crippen LogP contribution in [-0.4, -0.2) is 27.5 Å². The minimum Gasteiger partial charge on any atom is -0.347 e. The lowest BCUT2D eigenvalue weighted by Gasteiger charge is -2.25. The fourth-order valence-electron chi connectivity index (χ4n) is 2.55. The third-order valence-electron chi connectivity index (χ3n) is 3.52. The smallest absolute Gasteiger partial charge is 0.319 e. The predicted octanol–water partition coefficient (Wildman–Crippen LogP) is 1.13. The second-order valence-electron chi connectivity index (χ2n) is 5.97. The number of carbonyl (C=O) groups is 2. The third-order valence-corrected chi connectivity index (χ3v) is 3.52. The van der Waals surface area contributed by atoms with Crippen LogP contribution in [0.15, 0.2) is 23.8 Å². The fourth-order valence-corrected chi connectivity index (χ4v) is 2.55. The van der Waals surface area contributed by atoms with Gasteiger partial charge in [-0.25, -0.2) is 9.78 Å². The van der Waals surface area contributed by atoms with E-state index in [0.717, 1.165) is 12.2 Å². The van der Waals surface area contributed by atoms with Crippen molar-refractivity contribution in [2.75, 3.05) is 0 Å². The van der Waals surface area contributed by atoms with Crippen LogP contribution >= 0.6 is 0 Å². The van der Waals surface area contributed by atoms with Gasteiger partial charge in [-0.3, -0.25) is 4.79 Å². The summed E-state index contributed by atoms with van der Waals surface area (Å²) in [5.74, 6) is 0.321. The standard InChI is InChI=1S/C15H23N5O2/c1-9(2)7-20-8-16-5-12(20)6-17-14(21)13-10(3)18-15(22)19-11(13)4/h5,8-10H,6-7H2,1-4H3,(H,17,21)(H2,18,19,22)/t10-/m1/s1. The first-order valence-corrected chi connectivity index (χ1v) is 7.44. The van der Waals surface area contributed by atoms with Gasteiger partial charge in [0.25, 0.3) is 5.91 Å². The Bertz CT molecular complexity index is 603. The summed E-state index contributed by atoms with van der Waals surface area (Å²) in [7, 11) is 0. The Morgan fingerprint density at radius 3 is 2.86 bits per heavy atom. The minimum atomic E-state index is -0.311. The average molecular weight is 305 g/mol. The van der Waals surface area contributed by atoms with Gasteiger partial charge in [-0.2, -0.15) is 0 Å². The zero-order valence-electron chi connectivity index (χ0n) is 13.4. The number of aromatic nitrogens is 2. The van der Waals surface area contributed by atoms with E-state index < -0.39 is 0 Å². The number of allylic oxidation sites excluding steroid dienone is 1. The quantitative estimate of drug-likeness (QED) is 0.762. The van der Waals surface area contributed by atoms with E-state index in [9.17, 15) is 9.59 Å². The molecule has 2 heterocycles. The Labute approximate surface area is 130 Å². The van der Waals surface area contributed by atoms with Crippen LogP contribution < -0.4 is 16.0 Å². The molecule has 0 bridgehead atoms. The molecular formula is C15H23N5O2. The van der Waals surface area contributed by atoms with Gasteiger partial charge in [0.1, 0.15) is 0 Å². The molecule has 1 atom stereocenters. The summed E-state index contributed by atoms with van der Waals surface area (Å²) in [6.07, 6.45) is 3.53. The summed E-state index contributed by atoms with van der Waals surface area (Å²) >= 11 is 0. The summed E-state index contributed by atoms with van der Waals surface area (Å²) in [5.41, 5.74) is 2.10. The molecule has 0 saturated carbocycles. The first-order chi connectivity index (χ1) is 10.4. The normalized spacial score (nSPS) is 18.2. The molecule has 0 fully saturated rings. The first kappa shape index (κ1) is 16.1. The van der Waals surface area contributed by atoms with E-state index in [1.807, 2.05) is 4.57 Å². The molecular weight excluding hydrogens is 282 g/mol.